The number of hydrogen-bond acceptors (Lipinski definition) is 10. The van der Waals surface area contributed by atoms with E-state index in [-0.39, 0.29) is 47.2 Å². The van der Waals surface area contributed by atoms with Crippen molar-refractivity contribution in [2.24, 2.45) is 0 Å². The Kier molecular flexibility index (Phi) is 7.77. The van der Waals surface area contributed by atoms with E-state index in [1.807, 2.05) is 0 Å². The van der Waals surface area contributed by atoms with Gasteiger partial charge in [-0.3, -0.25) is 4.79 Å². The van der Waals surface area contributed by atoms with Crippen LogP contribution in [0, 0.1) is 0 Å². The van der Waals surface area contributed by atoms with Crippen LogP contribution in [0.25, 0.3) is 0 Å². The summed E-state index contributed by atoms with van der Waals surface area (Å²) in [7, 11) is 3.88. The van der Waals surface area contributed by atoms with Gasteiger partial charge in [0.2, 0.25) is 17.3 Å². The fraction of sp³-hybridized carbons (Fsp3) is 0.333. The number of benzene rings is 2. The smallest absolute Gasteiger partial charge is 0.432 e. The van der Waals surface area contributed by atoms with Crippen LogP contribution >= 0.6 is 0 Å². The van der Waals surface area contributed by atoms with Gasteiger partial charge in [-0.2, -0.15) is 10.0 Å². The number of amides is 2. The molecule has 3 aliphatic rings. The van der Waals surface area contributed by atoms with E-state index in [2.05, 4.69) is 0 Å². The van der Waals surface area contributed by atoms with Crippen molar-refractivity contribution in [3.63, 3.8) is 0 Å². The average Bonchev–Trinajstić information content (AvgIpc) is 3.12. The lowest BCUT2D eigenvalue weighted by molar-refractivity contribution is -0.158. The minimum atomic E-state index is -2.20. The number of fused-ring (bicyclic) bond motifs is 1. The molecule has 12 heteroatoms. The van der Waals surface area contributed by atoms with E-state index in [1.165, 1.54) is 39.5 Å². The lowest BCUT2D eigenvalue weighted by atomic mass is 9.95. The van der Waals surface area contributed by atoms with Crippen molar-refractivity contribution < 1.29 is 47.6 Å². The van der Waals surface area contributed by atoms with E-state index in [4.69, 9.17) is 28.4 Å². The number of nitrogens with zero attached hydrogens (tertiary/aromatic N) is 2. The highest BCUT2D eigenvalue weighted by molar-refractivity contribution is 6.11. The highest BCUT2D eigenvalue weighted by Gasteiger charge is 2.60. The number of hydrazine groups is 1. The topological polar surface area (TPSA) is 130 Å². The van der Waals surface area contributed by atoms with Crippen LogP contribution in [-0.2, 0) is 14.2 Å². The van der Waals surface area contributed by atoms with Gasteiger partial charge in [0.1, 0.15) is 6.04 Å². The van der Waals surface area contributed by atoms with Crippen molar-refractivity contribution in [3.05, 3.63) is 65.2 Å². The molecule has 2 aromatic rings. The van der Waals surface area contributed by atoms with Crippen molar-refractivity contribution in [1.29, 1.82) is 0 Å². The van der Waals surface area contributed by atoms with Crippen molar-refractivity contribution >= 4 is 23.9 Å². The molecule has 2 aliphatic heterocycles. The molecule has 0 saturated carbocycles. The van der Waals surface area contributed by atoms with Crippen LogP contribution in [0.2, 0.25) is 0 Å². The lowest BCUT2D eigenvalue weighted by Crippen LogP contribution is -2.66. The highest BCUT2D eigenvalue weighted by Crippen LogP contribution is 2.52. The van der Waals surface area contributed by atoms with Crippen molar-refractivity contribution in [2.45, 2.75) is 25.6 Å². The predicted molar refractivity (Wildman–Crippen MR) is 135 cm³/mol. The summed E-state index contributed by atoms with van der Waals surface area (Å²) in [6.07, 6.45) is 0.868. The monoisotopic (exact) mass is 540 g/mol. The first-order valence-electron chi connectivity index (χ1n) is 12.1. The second-order valence-electron chi connectivity index (χ2n) is 8.25. The van der Waals surface area contributed by atoms with Crippen molar-refractivity contribution in [1.82, 2.24) is 10.0 Å². The molecule has 39 heavy (non-hydrogen) atoms. The fourth-order valence-corrected chi connectivity index (χ4v) is 4.56. The maximum atomic E-state index is 14.4. The van der Waals surface area contributed by atoms with Crippen LogP contribution in [0.1, 0.15) is 46.2 Å². The Morgan fingerprint density at radius 2 is 1.59 bits per heavy atom. The molecule has 2 heterocycles. The maximum absolute atomic E-state index is 14.4. The summed E-state index contributed by atoms with van der Waals surface area (Å²) in [6, 6.07) is 8.51. The molecule has 0 aromatic heterocycles. The summed E-state index contributed by atoms with van der Waals surface area (Å²) >= 11 is 0. The standard InChI is InChI=1S/C27H28N2O10/c1-6-37-25(32)28-18-13-14-27(36-5,29(28)26(33)38-7-2)23(30)20-17(18)15-19(34-3)21(35-4)22(20)39-24(31)16-11-9-8-10-12-16/h8-15,18H,6-7H2,1-5H3/t18-,27-/m0/s1. The lowest BCUT2D eigenvalue weighted by Gasteiger charge is -2.46. The Bertz CT molecular complexity index is 1330. The molecule has 2 bridgehead atoms. The van der Waals surface area contributed by atoms with Gasteiger partial charge in [0.05, 0.1) is 38.6 Å². The molecule has 0 spiro atoms. The third kappa shape index (κ3) is 4.42. The Labute approximate surface area is 224 Å². The second kappa shape index (κ2) is 11.0. The Morgan fingerprint density at radius 3 is 2.18 bits per heavy atom. The summed E-state index contributed by atoms with van der Waals surface area (Å²) in [5, 5.41) is 1.70. The third-order valence-electron chi connectivity index (χ3n) is 6.24. The molecule has 0 unspecified atom stereocenters. The molecule has 5 rings (SSSR count). The zero-order valence-corrected chi connectivity index (χ0v) is 22.1. The average molecular weight is 541 g/mol. The minimum absolute atomic E-state index is 0.0188. The van der Waals surface area contributed by atoms with E-state index in [9.17, 15) is 19.2 Å². The Morgan fingerprint density at radius 1 is 0.923 bits per heavy atom. The molecule has 206 valence electrons. The van der Waals surface area contributed by atoms with Crippen LogP contribution in [0.4, 0.5) is 9.59 Å². The van der Waals surface area contributed by atoms with Gasteiger partial charge in [0.25, 0.3) is 0 Å². The Balaban J connectivity index is 2.02. The van der Waals surface area contributed by atoms with Crippen LogP contribution in [0.5, 0.6) is 17.2 Å². The predicted octanol–water partition coefficient (Wildman–Crippen LogP) is 3.90. The molecule has 2 aromatic carbocycles. The number of ketones is 1. The molecular formula is C27H28N2O10. The van der Waals surface area contributed by atoms with Crippen LogP contribution < -0.4 is 14.2 Å². The van der Waals surface area contributed by atoms with Gasteiger partial charge in [-0.1, -0.05) is 24.3 Å². The first-order chi connectivity index (χ1) is 18.8. The zero-order valence-electron chi connectivity index (χ0n) is 22.1. The highest BCUT2D eigenvalue weighted by atomic mass is 16.6. The summed E-state index contributed by atoms with van der Waals surface area (Å²) in [6.45, 7) is 3.10. The van der Waals surface area contributed by atoms with Crippen molar-refractivity contribution in [3.8, 4) is 17.2 Å². The molecule has 0 fully saturated rings. The largest absolute Gasteiger partial charge is 0.493 e. The Hall–Kier alpha value is -4.58. The summed E-state index contributed by atoms with van der Waals surface area (Å²) < 4.78 is 32.9. The van der Waals surface area contributed by atoms with E-state index in [0.29, 0.717) is 0 Å². The molecule has 2 amide bonds. The quantitative estimate of drug-likeness (QED) is 0.289. The minimum Gasteiger partial charge on any atom is -0.493 e. The molecule has 0 saturated heterocycles. The normalized spacial score (nSPS) is 19.2. The summed E-state index contributed by atoms with van der Waals surface area (Å²) in [4.78, 5) is 54.1. The van der Waals surface area contributed by atoms with E-state index < -0.39 is 35.7 Å². The summed E-state index contributed by atoms with van der Waals surface area (Å²) in [5.74, 6) is -1.81. The van der Waals surface area contributed by atoms with E-state index in [1.54, 1.807) is 44.2 Å². The summed E-state index contributed by atoms with van der Waals surface area (Å²) in [5.41, 5.74) is -1.98. The first-order valence-corrected chi connectivity index (χ1v) is 12.1. The number of Topliss-reactive ketones (excluding diaryl/α,β-unsaturated/α-hetero) is 1. The molecule has 0 radical (unpaired) electrons. The fourth-order valence-electron chi connectivity index (χ4n) is 4.56. The number of ether oxygens (including phenoxy) is 6. The van der Waals surface area contributed by atoms with Gasteiger partial charge in [-0.15, -0.1) is 0 Å². The molecule has 0 N–H and O–H groups in total. The van der Waals surface area contributed by atoms with Gasteiger partial charge in [0.15, 0.2) is 11.5 Å². The SMILES string of the molecule is CCOC(=O)N1[C@H]2C=C[C@](OC)(C(=O)c3c2cc(OC)c(OC)c3OC(=O)c2ccccc2)N1C(=O)OCC. The number of carbonyl (C=O) groups excluding carboxylic acids is 4. The zero-order chi connectivity index (χ0) is 28.3. The first kappa shape index (κ1) is 27.5. The number of rotatable bonds is 7. The van der Waals surface area contributed by atoms with Crippen LogP contribution in [-0.4, -0.2) is 74.2 Å². The maximum Gasteiger partial charge on any atom is 0.432 e. The molecule has 1 aliphatic carbocycles. The van der Waals surface area contributed by atoms with Gasteiger partial charge >= 0.3 is 18.2 Å². The van der Waals surface area contributed by atoms with Gasteiger partial charge < -0.3 is 28.4 Å². The van der Waals surface area contributed by atoms with Crippen molar-refractivity contribution in [2.75, 3.05) is 34.5 Å². The number of methoxy groups -OCH3 is 3. The van der Waals surface area contributed by atoms with Gasteiger partial charge in [-0.25, -0.2) is 14.4 Å². The molecular weight excluding hydrogens is 512 g/mol. The molecule has 12 nitrogen and oxygen atoms in total. The molecule has 2 atom stereocenters. The number of hydrogen-bond donors (Lipinski definition) is 0. The third-order valence-corrected chi connectivity index (χ3v) is 6.24. The van der Waals surface area contributed by atoms with E-state index >= 15 is 0 Å². The van der Waals surface area contributed by atoms with Gasteiger partial charge in [-0.05, 0) is 43.7 Å². The number of carbonyl (C=O) groups is 4. The van der Waals surface area contributed by atoms with Crippen LogP contribution in [0.15, 0.2) is 48.6 Å². The second-order valence-corrected chi connectivity index (χ2v) is 8.25. The van der Waals surface area contributed by atoms with E-state index in [0.717, 1.165) is 10.0 Å². The van der Waals surface area contributed by atoms with Crippen LogP contribution in [0.3, 0.4) is 0 Å². The number of esters is 1. The van der Waals surface area contributed by atoms with Gasteiger partial charge in [0, 0.05) is 7.11 Å².